The van der Waals surface area contributed by atoms with Crippen LogP contribution in [0, 0.1) is 13.8 Å². The predicted molar refractivity (Wildman–Crippen MR) is 82.1 cm³/mol. The van der Waals surface area contributed by atoms with E-state index in [1.165, 1.54) is 10.9 Å². The number of benzene rings is 1. The maximum absolute atomic E-state index is 12.1. The molecule has 0 aliphatic heterocycles. The molecular weight excluding hydrogens is 304 g/mol. The van der Waals surface area contributed by atoms with Gasteiger partial charge in [-0.1, -0.05) is 6.07 Å². The van der Waals surface area contributed by atoms with Crippen molar-refractivity contribution < 1.29 is 17.9 Å². The van der Waals surface area contributed by atoms with Gasteiger partial charge in [-0.3, -0.25) is 0 Å². The Labute approximate surface area is 129 Å². The van der Waals surface area contributed by atoms with Crippen LogP contribution in [-0.4, -0.2) is 37.0 Å². The minimum atomic E-state index is -3.66. The van der Waals surface area contributed by atoms with Gasteiger partial charge in [0.25, 0.3) is 0 Å². The van der Waals surface area contributed by atoms with Crippen molar-refractivity contribution in [1.29, 1.82) is 0 Å². The first-order valence-electron chi connectivity index (χ1n) is 6.78. The van der Waals surface area contributed by atoms with Gasteiger partial charge in [0, 0.05) is 6.26 Å². The van der Waals surface area contributed by atoms with E-state index in [-0.39, 0.29) is 17.2 Å². The number of aryl methyl sites for hydroxylation is 2. The zero-order valence-electron chi connectivity index (χ0n) is 13.0. The third kappa shape index (κ3) is 3.19. The molecule has 0 saturated carbocycles. The van der Waals surface area contributed by atoms with Crippen molar-refractivity contribution in [3.05, 3.63) is 41.1 Å². The highest BCUT2D eigenvalue weighted by Gasteiger charge is 2.26. The first kappa shape index (κ1) is 16.2. The maximum atomic E-state index is 12.1. The average Bonchev–Trinajstić information content (AvgIpc) is 2.82. The van der Waals surface area contributed by atoms with Crippen molar-refractivity contribution in [1.82, 2.24) is 9.78 Å². The van der Waals surface area contributed by atoms with Gasteiger partial charge in [0.05, 0.1) is 18.5 Å². The molecule has 0 atom stereocenters. The first-order chi connectivity index (χ1) is 10.2. The highest BCUT2D eigenvalue weighted by molar-refractivity contribution is 7.90. The number of esters is 1. The summed E-state index contributed by atoms with van der Waals surface area (Å²) in [7, 11) is -3.66. The van der Waals surface area contributed by atoms with Crippen LogP contribution in [0.4, 0.5) is 0 Å². The van der Waals surface area contributed by atoms with Gasteiger partial charge in [-0.2, -0.15) is 5.10 Å². The van der Waals surface area contributed by atoms with Crippen LogP contribution in [0.25, 0.3) is 5.69 Å². The number of carbonyl (C=O) groups is 1. The molecule has 2 rings (SSSR count). The lowest BCUT2D eigenvalue weighted by atomic mass is 10.1. The molecule has 0 bridgehead atoms. The summed E-state index contributed by atoms with van der Waals surface area (Å²) in [4.78, 5) is 12.0. The van der Waals surface area contributed by atoms with E-state index in [0.717, 1.165) is 17.4 Å². The number of ether oxygens (including phenoxy) is 1. The van der Waals surface area contributed by atoms with Gasteiger partial charge in [0.1, 0.15) is 5.56 Å². The fourth-order valence-electron chi connectivity index (χ4n) is 2.30. The Morgan fingerprint density at radius 2 is 1.82 bits per heavy atom. The highest BCUT2D eigenvalue weighted by atomic mass is 32.2. The van der Waals surface area contributed by atoms with Crippen molar-refractivity contribution in [2.75, 3.05) is 12.9 Å². The number of sulfone groups is 1. The standard InChI is InChI=1S/C15H18N2O4S/c1-5-21-15(18)13-9-16-17(14(13)22(4,19)20)12-7-10(2)6-11(3)8-12/h6-9H,5H2,1-4H3. The third-order valence-electron chi connectivity index (χ3n) is 3.02. The van der Waals surface area contributed by atoms with E-state index in [9.17, 15) is 13.2 Å². The zero-order chi connectivity index (χ0) is 16.5. The fraction of sp³-hybridized carbons (Fsp3) is 0.333. The molecule has 6 nitrogen and oxygen atoms in total. The van der Waals surface area contributed by atoms with E-state index in [1.54, 1.807) is 6.92 Å². The SMILES string of the molecule is CCOC(=O)c1cnn(-c2cc(C)cc(C)c2)c1S(C)(=O)=O. The second-order valence-electron chi connectivity index (χ2n) is 5.11. The van der Waals surface area contributed by atoms with Crippen LogP contribution in [0.5, 0.6) is 0 Å². The van der Waals surface area contributed by atoms with Gasteiger partial charge in [-0.05, 0) is 44.0 Å². The van der Waals surface area contributed by atoms with Crippen LogP contribution >= 0.6 is 0 Å². The van der Waals surface area contributed by atoms with Crippen LogP contribution in [0.2, 0.25) is 0 Å². The summed E-state index contributed by atoms with van der Waals surface area (Å²) in [5.74, 6) is -0.696. The van der Waals surface area contributed by atoms with Crippen LogP contribution in [-0.2, 0) is 14.6 Å². The molecule has 0 N–H and O–H groups in total. The number of aromatic nitrogens is 2. The normalized spacial score (nSPS) is 11.5. The summed E-state index contributed by atoms with van der Waals surface area (Å²) in [5.41, 5.74) is 2.49. The van der Waals surface area contributed by atoms with E-state index < -0.39 is 15.8 Å². The molecule has 0 aliphatic carbocycles. The minimum absolute atomic E-state index is 0.0523. The highest BCUT2D eigenvalue weighted by Crippen LogP contribution is 2.22. The van der Waals surface area contributed by atoms with Gasteiger partial charge in [0.2, 0.25) is 0 Å². The monoisotopic (exact) mass is 322 g/mol. The molecule has 0 fully saturated rings. The quantitative estimate of drug-likeness (QED) is 0.805. The summed E-state index contributed by atoms with van der Waals surface area (Å²) in [6.07, 6.45) is 2.28. The van der Waals surface area contributed by atoms with Crippen molar-refractivity contribution in [2.45, 2.75) is 25.8 Å². The lowest BCUT2D eigenvalue weighted by Crippen LogP contribution is -2.14. The molecule has 118 valence electrons. The van der Waals surface area contributed by atoms with Crippen LogP contribution in [0.15, 0.2) is 29.4 Å². The fourth-order valence-corrected chi connectivity index (χ4v) is 3.30. The predicted octanol–water partition coefficient (Wildman–Crippen LogP) is 2.07. The van der Waals surface area contributed by atoms with Crippen LogP contribution in [0.1, 0.15) is 28.4 Å². The van der Waals surface area contributed by atoms with Crippen molar-refractivity contribution in [3.63, 3.8) is 0 Å². The van der Waals surface area contributed by atoms with Gasteiger partial charge in [-0.15, -0.1) is 0 Å². The van der Waals surface area contributed by atoms with Crippen molar-refractivity contribution in [3.8, 4) is 5.69 Å². The molecule has 1 aromatic heterocycles. The van der Waals surface area contributed by atoms with Crippen molar-refractivity contribution >= 4 is 15.8 Å². The number of hydrogen-bond donors (Lipinski definition) is 0. The third-order valence-corrected chi connectivity index (χ3v) is 4.12. The Kier molecular flexibility index (Phi) is 4.37. The molecular formula is C15H18N2O4S. The smallest absolute Gasteiger partial charge is 0.342 e. The van der Waals surface area contributed by atoms with E-state index in [0.29, 0.717) is 5.69 Å². The second kappa shape index (κ2) is 5.92. The Hall–Kier alpha value is -2.15. The van der Waals surface area contributed by atoms with E-state index >= 15 is 0 Å². The summed E-state index contributed by atoms with van der Waals surface area (Å²) >= 11 is 0. The number of nitrogens with zero attached hydrogens (tertiary/aromatic N) is 2. The second-order valence-corrected chi connectivity index (χ2v) is 7.04. The number of carbonyl (C=O) groups excluding carboxylic acids is 1. The molecule has 1 heterocycles. The number of rotatable bonds is 4. The number of hydrogen-bond acceptors (Lipinski definition) is 5. The molecule has 0 saturated heterocycles. The largest absolute Gasteiger partial charge is 0.462 e. The van der Waals surface area contributed by atoms with Gasteiger partial charge < -0.3 is 4.74 Å². The molecule has 7 heteroatoms. The summed E-state index contributed by atoms with van der Waals surface area (Å²) in [5, 5.41) is 3.92. The van der Waals surface area contributed by atoms with Gasteiger partial charge >= 0.3 is 5.97 Å². The van der Waals surface area contributed by atoms with E-state index in [2.05, 4.69) is 5.10 Å². The van der Waals surface area contributed by atoms with Crippen molar-refractivity contribution in [2.24, 2.45) is 0 Å². The molecule has 0 unspecified atom stereocenters. The Balaban J connectivity index is 2.70. The summed E-state index contributed by atoms with van der Waals surface area (Å²) in [6.45, 7) is 5.64. The maximum Gasteiger partial charge on any atom is 0.342 e. The van der Waals surface area contributed by atoms with Crippen LogP contribution in [0.3, 0.4) is 0 Å². The average molecular weight is 322 g/mol. The summed E-state index contributed by atoms with van der Waals surface area (Å²) < 4.78 is 30.4. The molecule has 0 amide bonds. The zero-order valence-corrected chi connectivity index (χ0v) is 13.8. The Bertz CT molecular complexity index is 802. The topological polar surface area (TPSA) is 78.3 Å². The van der Waals surface area contributed by atoms with E-state index in [4.69, 9.17) is 4.74 Å². The molecule has 22 heavy (non-hydrogen) atoms. The Morgan fingerprint density at radius 1 is 1.23 bits per heavy atom. The van der Waals surface area contributed by atoms with Crippen LogP contribution < -0.4 is 0 Å². The molecule has 2 aromatic rings. The molecule has 0 spiro atoms. The lowest BCUT2D eigenvalue weighted by Gasteiger charge is -2.09. The molecule has 1 aromatic carbocycles. The lowest BCUT2D eigenvalue weighted by molar-refractivity contribution is 0.0521. The van der Waals surface area contributed by atoms with Gasteiger partial charge in [-0.25, -0.2) is 17.9 Å². The van der Waals surface area contributed by atoms with E-state index in [1.807, 2.05) is 32.0 Å². The summed E-state index contributed by atoms with van der Waals surface area (Å²) in [6, 6.07) is 5.59. The molecule has 0 radical (unpaired) electrons. The van der Waals surface area contributed by atoms with Gasteiger partial charge in [0.15, 0.2) is 14.9 Å². The first-order valence-corrected chi connectivity index (χ1v) is 8.67. The Morgan fingerprint density at radius 3 is 2.32 bits per heavy atom. The molecule has 0 aliphatic rings. The minimum Gasteiger partial charge on any atom is -0.462 e.